The number of rotatable bonds is 5. The highest BCUT2D eigenvalue weighted by atomic mass is 79.9. The highest BCUT2D eigenvalue weighted by Gasteiger charge is 2.09. The number of aromatic nitrogens is 1. The van der Waals surface area contributed by atoms with E-state index in [0.29, 0.717) is 17.9 Å². The fraction of sp³-hybridized carbons (Fsp3) is 0.200. The number of amides is 1. The zero-order chi connectivity index (χ0) is 15.2. The van der Waals surface area contributed by atoms with Gasteiger partial charge in [-0.15, -0.1) is 0 Å². The number of halogens is 1. The first-order chi connectivity index (χ1) is 10.1. The maximum absolute atomic E-state index is 12.2. The molecule has 0 saturated heterocycles. The van der Waals surface area contributed by atoms with Crippen molar-refractivity contribution in [1.82, 2.24) is 10.3 Å². The van der Waals surface area contributed by atoms with Crippen LogP contribution in [0.15, 0.2) is 40.9 Å². The van der Waals surface area contributed by atoms with E-state index in [4.69, 9.17) is 5.84 Å². The number of aryl methyl sites for hydroxylation is 1. The van der Waals surface area contributed by atoms with Crippen molar-refractivity contribution in [3.8, 4) is 0 Å². The van der Waals surface area contributed by atoms with Gasteiger partial charge >= 0.3 is 0 Å². The Morgan fingerprint density at radius 3 is 2.62 bits per heavy atom. The zero-order valence-electron chi connectivity index (χ0n) is 11.7. The monoisotopic (exact) mass is 348 g/mol. The molecule has 2 aromatic rings. The number of nitrogens with one attached hydrogen (secondary N) is 2. The Balaban J connectivity index is 2.07. The summed E-state index contributed by atoms with van der Waals surface area (Å²) in [6, 6.07) is 11.2. The Hall–Kier alpha value is -1.92. The fourth-order valence-electron chi connectivity index (χ4n) is 1.86. The number of hydrogen-bond acceptors (Lipinski definition) is 4. The summed E-state index contributed by atoms with van der Waals surface area (Å²) in [5.41, 5.74) is 4.88. The van der Waals surface area contributed by atoms with Crippen molar-refractivity contribution in [3.05, 3.63) is 57.7 Å². The third-order valence-corrected chi connectivity index (χ3v) is 3.55. The van der Waals surface area contributed by atoms with E-state index in [1.807, 2.05) is 31.2 Å². The lowest BCUT2D eigenvalue weighted by atomic mass is 10.1. The van der Waals surface area contributed by atoms with Crippen molar-refractivity contribution in [1.29, 1.82) is 0 Å². The molecule has 0 bridgehead atoms. The highest BCUT2D eigenvalue weighted by molar-refractivity contribution is 9.10. The summed E-state index contributed by atoms with van der Waals surface area (Å²) in [4.78, 5) is 16.5. The molecule has 1 heterocycles. The van der Waals surface area contributed by atoms with Crippen molar-refractivity contribution in [2.75, 3.05) is 5.43 Å². The quantitative estimate of drug-likeness (QED) is 0.573. The average molecular weight is 349 g/mol. The Labute approximate surface area is 132 Å². The van der Waals surface area contributed by atoms with Crippen molar-refractivity contribution >= 4 is 27.7 Å². The number of pyridine rings is 1. The zero-order valence-corrected chi connectivity index (χ0v) is 13.3. The van der Waals surface area contributed by atoms with Crippen LogP contribution in [0.2, 0.25) is 0 Å². The Morgan fingerprint density at radius 2 is 2.00 bits per heavy atom. The highest BCUT2D eigenvalue weighted by Crippen LogP contribution is 2.12. The molecule has 2 rings (SSSR count). The molecule has 21 heavy (non-hydrogen) atoms. The standard InChI is InChI=1S/C15H17BrN4O/c1-2-13-7-11(8-14(19-13)20-17)15(21)18-9-10-3-5-12(16)6-4-10/h3-8H,2,9,17H2,1H3,(H,18,21)(H,19,20). The third kappa shape index (κ3) is 4.27. The minimum atomic E-state index is -0.147. The molecule has 0 aliphatic rings. The van der Waals surface area contributed by atoms with Gasteiger partial charge in [-0.2, -0.15) is 0 Å². The largest absolute Gasteiger partial charge is 0.348 e. The Bertz CT molecular complexity index is 606. The van der Waals surface area contributed by atoms with Gasteiger partial charge in [-0.1, -0.05) is 35.0 Å². The number of nitrogens with zero attached hydrogens (tertiary/aromatic N) is 1. The van der Waals surface area contributed by atoms with Gasteiger partial charge in [-0.25, -0.2) is 10.8 Å². The van der Waals surface area contributed by atoms with Crippen LogP contribution in [0, 0.1) is 0 Å². The predicted octanol–water partition coefficient (Wildman–Crippen LogP) is 2.62. The summed E-state index contributed by atoms with van der Waals surface area (Å²) in [7, 11) is 0. The smallest absolute Gasteiger partial charge is 0.251 e. The minimum Gasteiger partial charge on any atom is -0.348 e. The summed E-state index contributed by atoms with van der Waals surface area (Å²) in [5.74, 6) is 5.72. The summed E-state index contributed by atoms with van der Waals surface area (Å²) >= 11 is 3.38. The molecule has 0 saturated carbocycles. The summed E-state index contributed by atoms with van der Waals surface area (Å²) in [6.45, 7) is 2.45. The van der Waals surface area contributed by atoms with Crippen LogP contribution < -0.4 is 16.6 Å². The molecule has 4 N–H and O–H groups in total. The van der Waals surface area contributed by atoms with E-state index in [1.165, 1.54) is 0 Å². The minimum absolute atomic E-state index is 0.147. The molecule has 0 atom stereocenters. The van der Waals surface area contributed by atoms with Gasteiger partial charge in [0.25, 0.3) is 5.91 Å². The number of nitrogen functional groups attached to an aromatic ring is 1. The number of hydrazine groups is 1. The second kappa shape index (κ2) is 7.19. The van der Waals surface area contributed by atoms with E-state index in [2.05, 4.69) is 31.7 Å². The first-order valence-corrected chi connectivity index (χ1v) is 7.42. The molecule has 0 fully saturated rings. The SMILES string of the molecule is CCc1cc(C(=O)NCc2ccc(Br)cc2)cc(NN)n1. The fourth-order valence-corrected chi connectivity index (χ4v) is 2.12. The molecule has 0 unspecified atom stereocenters. The maximum atomic E-state index is 12.2. The molecule has 0 aliphatic heterocycles. The van der Waals surface area contributed by atoms with Gasteiger partial charge in [0.1, 0.15) is 5.82 Å². The molecule has 0 aliphatic carbocycles. The van der Waals surface area contributed by atoms with Crippen LogP contribution in [0.25, 0.3) is 0 Å². The number of carbonyl (C=O) groups is 1. The number of hydrogen-bond donors (Lipinski definition) is 3. The van der Waals surface area contributed by atoms with Crippen LogP contribution in [0.5, 0.6) is 0 Å². The van der Waals surface area contributed by atoms with Crippen LogP contribution in [0.1, 0.15) is 28.5 Å². The molecule has 1 amide bonds. The number of nitrogens with two attached hydrogens (primary N) is 1. The Kier molecular flexibility index (Phi) is 5.30. The van der Waals surface area contributed by atoms with Crippen LogP contribution in [-0.2, 0) is 13.0 Å². The number of carbonyl (C=O) groups excluding carboxylic acids is 1. The molecule has 0 radical (unpaired) electrons. The van der Waals surface area contributed by atoms with E-state index in [9.17, 15) is 4.79 Å². The van der Waals surface area contributed by atoms with E-state index < -0.39 is 0 Å². The van der Waals surface area contributed by atoms with Crippen LogP contribution in [0.3, 0.4) is 0 Å². The summed E-state index contributed by atoms with van der Waals surface area (Å²) in [5, 5.41) is 2.89. The van der Waals surface area contributed by atoms with Gasteiger partial charge < -0.3 is 10.7 Å². The first kappa shape index (κ1) is 15.5. The second-order valence-corrected chi connectivity index (χ2v) is 5.46. The maximum Gasteiger partial charge on any atom is 0.251 e. The second-order valence-electron chi connectivity index (χ2n) is 4.54. The van der Waals surface area contributed by atoms with Gasteiger partial charge in [-0.05, 0) is 36.2 Å². The van der Waals surface area contributed by atoms with Gasteiger partial charge in [0.15, 0.2) is 0 Å². The van der Waals surface area contributed by atoms with Crippen LogP contribution in [-0.4, -0.2) is 10.9 Å². The molecule has 6 heteroatoms. The molecular weight excluding hydrogens is 332 g/mol. The summed E-state index contributed by atoms with van der Waals surface area (Å²) in [6.07, 6.45) is 0.739. The van der Waals surface area contributed by atoms with E-state index in [0.717, 1.165) is 22.2 Å². The average Bonchev–Trinajstić information content (AvgIpc) is 2.53. The van der Waals surface area contributed by atoms with Crippen molar-refractivity contribution in [3.63, 3.8) is 0 Å². The van der Waals surface area contributed by atoms with E-state index in [1.54, 1.807) is 12.1 Å². The van der Waals surface area contributed by atoms with Crippen molar-refractivity contribution in [2.45, 2.75) is 19.9 Å². The van der Waals surface area contributed by atoms with Gasteiger partial charge in [-0.3, -0.25) is 4.79 Å². The van der Waals surface area contributed by atoms with Crippen LogP contribution in [0.4, 0.5) is 5.82 Å². The van der Waals surface area contributed by atoms with Crippen LogP contribution >= 0.6 is 15.9 Å². The lowest BCUT2D eigenvalue weighted by Gasteiger charge is -2.09. The van der Waals surface area contributed by atoms with Crippen molar-refractivity contribution < 1.29 is 4.79 Å². The molecule has 1 aromatic carbocycles. The van der Waals surface area contributed by atoms with E-state index in [-0.39, 0.29) is 5.91 Å². The van der Waals surface area contributed by atoms with Crippen molar-refractivity contribution in [2.24, 2.45) is 5.84 Å². The Morgan fingerprint density at radius 1 is 1.29 bits per heavy atom. The predicted molar refractivity (Wildman–Crippen MR) is 86.7 cm³/mol. The lowest BCUT2D eigenvalue weighted by Crippen LogP contribution is -2.23. The molecule has 110 valence electrons. The summed E-state index contributed by atoms with van der Waals surface area (Å²) < 4.78 is 1.01. The number of benzene rings is 1. The third-order valence-electron chi connectivity index (χ3n) is 3.02. The number of anilines is 1. The van der Waals surface area contributed by atoms with Gasteiger partial charge in [0.05, 0.1) is 0 Å². The van der Waals surface area contributed by atoms with Gasteiger partial charge in [0.2, 0.25) is 0 Å². The topological polar surface area (TPSA) is 80.0 Å². The van der Waals surface area contributed by atoms with Gasteiger partial charge in [0, 0.05) is 22.3 Å². The lowest BCUT2D eigenvalue weighted by molar-refractivity contribution is 0.0950. The molecule has 1 aromatic heterocycles. The molecule has 0 spiro atoms. The molecule has 5 nitrogen and oxygen atoms in total. The van der Waals surface area contributed by atoms with E-state index >= 15 is 0 Å². The first-order valence-electron chi connectivity index (χ1n) is 6.62. The normalized spacial score (nSPS) is 10.2. The molecular formula is C15H17BrN4O.